The van der Waals surface area contributed by atoms with Crippen LogP contribution in [0.3, 0.4) is 0 Å². The number of phenols is 4. The molecule has 0 aliphatic carbocycles. The van der Waals surface area contributed by atoms with Gasteiger partial charge in [0, 0.05) is 13.1 Å². The summed E-state index contributed by atoms with van der Waals surface area (Å²) in [5.41, 5.74) is -0.359. The number of carbonyl (C=O) groups is 3. The minimum Gasteiger partial charge on any atom is -0.504 e. The summed E-state index contributed by atoms with van der Waals surface area (Å²) in [5.74, 6) is -4.27. The molecule has 11 nitrogen and oxygen atoms in total. The first-order chi connectivity index (χ1) is 15.1. The predicted octanol–water partition coefficient (Wildman–Crippen LogP) is -0.0755. The highest BCUT2D eigenvalue weighted by Gasteiger charge is 2.27. The van der Waals surface area contributed by atoms with Crippen LogP contribution in [0.4, 0.5) is 0 Å². The Balaban J connectivity index is 1.84. The lowest BCUT2D eigenvalue weighted by atomic mass is 10.1. The molecule has 2 aromatic carbocycles. The van der Waals surface area contributed by atoms with E-state index in [0.29, 0.717) is 6.42 Å². The standard InChI is InChI=1S/C21H25N3O8/c1-11(25)16(24-20(31)13-6-3-8-15(27)18(13)29)21(32)23-10-4-9-22-19(30)12-5-2-7-14(26)17(12)28/h2-3,5-8,11,16,25-29H,4,9-10H2,1H3,(H,22,30)(H,23,32)(H,24,31)/t11-,16+/m1/s1. The monoisotopic (exact) mass is 447 g/mol. The Morgan fingerprint density at radius 1 is 0.812 bits per heavy atom. The van der Waals surface area contributed by atoms with E-state index in [1.165, 1.54) is 43.3 Å². The van der Waals surface area contributed by atoms with E-state index in [9.17, 15) is 39.9 Å². The van der Waals surface area contributed by atoms with Gasteiger partial charge < -0.3 is 41.5 Å². The minimum absolute atomic E-state index is 0.0962. The Hall–Kier alpha value is -3.99. The Bertz CT molecular complexity index is 993. The van der Waals surface area contributed by atoms with Gasteiger partial charge in [-0.15, -0.1) is 0 Å². The Kier molecular flexibility index (Phi) is 8.24. The summed E-state index contributed by atoms with van der Waals surface area (Å²) >= 11 is 0. The van der Waals surface area contributed by atoms with Crippen molar-refractivity contribution < 1.29 is 39.9 Å². The number of carbonyl (C=O) groups excluding carboxylic acids is 3. The normalized spacial score (nSPS) is 12.4. The van der Waals surface area contributed by atoms with Gasteiger partial charge in [-0.3, -0.25) is 14.4 Å². The highest BCUT2D eigenvalue weighted by atomic mass is 16.3. The van der Waals surface area contributed by atoms with Gasteiger partial charge in [0.1, 0.15) is 6.04 Å². The van der Waals surface area contributed by atoms with Gasteiger partial charge in [-0.2, -0.15) is 0 Å². The molecule has 0 heterocycles. The van der Waals surface area contributed by atoms with Crippen molar-refractivity contribution in [3.8, 4) is 23.0 Å². The number of aromatic hydroxyl groups is 4. The highest BCUT2D eigenvalue weighted by molar-refractivity contribution is 6.00. The Labute approximate surface area is 183 Å². The van der Waals surface area contributed by atoms with Crippen LogP contribution in [0.5, 0.6) is 23.0 Å². The van der Waals surface area contributed by atoms with Gasteiger partial charge in [0.25, 0.3) is 11.8 Å². The van der Waals surface area contributed by atoms with Crippen LogP contribution in [0, 0.1) is 0 Å². The van der Waals surface area contributed by atoms with Gasteiger partial charge >= 0.3 is 0 Å². The zero-order valence-electron chi connectivity index (χ0n) is 17.2. The molecular weight excluding hydrogens is 422 g/mol. The second-order valence-corrected chi connectivity index (χ2v) is 6.94. The molecule has 0 spiro atoms. The molecule has 0 saturated carbocycles. The first-order valence-electron chi connectivity index (χ1n) is 9.70. The van der Waals surface area contributed by atoms with E-state index in [1.807, 2.05) is 0 Å². The van der Waals surface area contributed by atoms with Crippen molar-refractivity contribution in [3.63, 3.8) is 0 Å². The molecule has 0 aliphatic rings. The third-order valence-electron chi connectivity index (χ3n) is 4.51. The summed E-state index contributed by atoms with van der Waals surface area (Å²) in [6.45, 7) is 1.54. The van der Waals surface area contributed by atoms with Crippen LogP contribution in [0.25, 0.3) is 0 Å². The molecule has 2 atom stereocenters. The molecule has 2 aromatic rings. The first-order valence-corrected chi connectivity index (χ1v) is 9.70. The molecule has 2 rings (SSSR count). The number of amides is 3. The van der Waals surface area contributed by atoms with Crippen molar-refractivity contribution in [2.45, 2.75) is 25.5 Å². The van der Waals surface area contributed by atoms with Crippen molar-refractivity contribution in [3.05, 3.63) is 47.5 Å². The third-order valence-corrected chi connectivity index (χ3v) is 4.51. The summed E-state index contributed by atoms with van der Waals surface area (Å²) in [4.78, 5) is 36.7. The molecule has 0 radical (unpaired) electrons. The van der Waals surface area contributed by atoms with E-state index >= 15 is 0 Å². The van der Waals surface area contributed by atoms with E-state index in [-0.39, 0.29) is 24.2 Å². The van der Waals surface area contributed by atoms with Crippen molar-refractivity contribution in [2.24, 2.45) is 0 Å². The fraction of sp³-hybridized carbons (Fsp3) is 0.286. The van der Waals surface area contributed by atoms with E-state index in [2.05, 4.69) is 16.0 Å². The van der Waals surface area contributed by atoms with Crippen molar-refractivity contribution in [1.29, 1.82) is 0 Å². The van der Waals surface area contributed by atoms with Crippen molar-refractivity contribution in [2.75, 3.05) is 13.1 Å². The van der Waals surface area contributed by atoms with E-state index in [0.717, 1.165) is 0 Å². The Morgan fingerprint density at radius 3 is 1.84 bits per heavy atom. The summed E-state index contributed by atoms with van der Waals surface area (Å²) in [7, 11) is 0. The number of benzene rings is 2. The van der Waals surface area contributed by atoms with Gasteiger partial charge in [0.15, 0.2) is 23.0 Å². The van der Waals surface area contributed by atoms with Gasteiger partial charge in [0.2, 0.25) is 5.91 Å². The van der Waals surface area contributed by atoms with Crippen LogP contribution in [-0.4, -0.2) is 68.5 Å². The smallest absolute Gasteiger partial charge is 0.255 e. The van der Waals surface area contributed by atoms with Gasteiger partial charge in [0.05, 0.1) is 17.2 Å². The van der Waals surface area contributed by atoms with E-state index in [1.54, 1.807) is 0 Å². The molecule has 8 N–H and O–H groups in total. The van der Waals surface area contributed by atoms with Crippen LogP contribution < -0.4 is 16.0 Å². The second kappa shape index (κ2) is 10.9. The molecule has 3 amide bonds. The largest absolute Gasteiger partial charge is 0.504 e. The molecule has 32 heavy (non-hydrogen) atoms. The molecule has 0 fully saturated rings. The van der Waals surface area contributed by atoms with Crippen LogP contribution in [0.15, 0.2) is 36.4 Å². The topological polar surface area (TPSA) is 188 Å². The summed E-state index contributed by atoms with van der Waals surface area (Å²) < 4.78 is 0. The number of hydrogen-bond donors (Lipinski definition) is 8. The van der Waals surface area contributed by atoms with Gasteiger partial charge in [-0.1, -0.05) is 12.1 Å². The number of aliphatic hydroxyl groups excluding tert-OH is 1. The van der Waals surface area contributed by atoms with Crippen LogP contribution in [-0.2, 0) is 4.79 Å². The van der Waals surface area contributed by atoms with Crippen molar-refractivity contribution >= 4 is 17.7 Å². The van der Waals surface area contributed by atoms with Gasteiger partial charge in [-0.25, -0.2) is 0 Å². The fourth-order valence-corrected chi connectivity index (χ4v) is 2.76. The lowest BCUT2D eigenvalue weighted by Gasteiger charge is -2.21. The van der Waals surface area contributed by atoms with E-state index < -0.39 is 52.9 Å². The third kappa shape index (κ3) is 6.01. The number of aliphatic hydroxyl groups is 1. The molecular formula is C21H25N3O8. The number of phenolic OH excluding ortho intramolecular Hbond substituents is 4. The van der Waals surface area contributed by atoms with Crippen LogP contribution in [0.2, 0.25) is 0 Å². The summed E-state index contributed by atoms with van der Waals surface area (Å²) in [5, 5.41) is 55.6. The number of rotatable bonds is 9. The van der Waals surface area contributed by atoms with Crippen molar-refractivity contribution in [1.82, 2.24) is 16.0 Å². The SMILES string of the molecule is C[C@@H](O)[C@H](NC(=O)c1cccc(O)c1O)C(=O)NCCCNC(=O)c1cccc(O)c1O. The Morgan fingerprint density at radius 2 is 1.31 bits per heavy atom. The maximum atomic E-state index is 12.4. The lowest BCUT2D eigenvalue weighted by Crippen LogP contribution is -2.52. The van der Waals surface area contributed by atoms with Gasteiger partial charge in [-0.05, 0) is 37.6 Å². The molecule has 0 bridgehead atoms. The fourth-order valence-electron chi connectivity index (χ4n) is 2.76. The molecule has 0 saturated heterocycles. The summed E-state index contributed by atoms with van der Waals surface area (Å²) in [6.07, 6.45) is -0.961. The zero-order chi connectivity index (χ0) is 23.8. The zero-order valence-corrected chi connectivity index (χ0v) is 17.2. The maximum absolute atomic E-state index is 12.4. The number of nitrogens with one attached hydrogen (secondary N) is 3. The maximum Gasteiger partial charge on any atom is 0.255 e. The minimum atomic E-state index is -1.33. The first kappa shape index (κ1) is 24.3. The number of para-hydroxylation sites is 2. The highest BCUT2D eigenvalue weighted by Crippen LogP contribution is 2.28. The van der Waals surface area contributed by atoms with E-state index in [4.69, 9.17) is 0 Å². The quantitative estimate of drug-likeness (QED) is 0.193. The average Bonchev–Trinajstić information content (AvgIpc) is 2.74. The predicted molar refractivity (Wildman–Crippen MR) is 112 cm³/mol. The number of hydrogen-bond acceptors (Lipinski definition) is 8. The molecule has 0 aromatic heterocycles. The molecule has 0 unspecified atom stereocenters. The van der Waals surface area contributed by atoms with Crippen LogP contribution >= 0.6 is 0 Å². The molecule has 172 valence electrons. The lowest BCUT2D eigenvalue weighted by molar-refractivity contribution is -0.125. The van der Waals surface area contributed by atoms with Crippen LogP contribution in [0.1, 0.15) is 34.1 Å². The molecule has 0 aliphatic heterocycles. The second-order valence-electron chi connectivity index (χ2n) is 6.94. The molecule has 11 heteroatoms. The average molecular weight is 447 g/mol. The summed E-state index contributed by atoms with van der Waals surface area (Å²) in [6, 6.07) is 6.42.